The van der Waals surface area contributed by atoms with E-state index in [4.69, 9.17) is 4.74 Å². The lowest BCUT2D eigenvalue weighted by Gasteiger charge is -2.26. The number of ether oxygens (including phenoxy) is 1. The van der Waals surface area contributed by atoms with Crippen LogP contribution in [0.2, 0.25) is 0 Å². The number of benzene rings is 1. The number of hydrogen-bond acceptors (Lipinski definition) is 5. The zero-order valence-electron chi connectivity index (χ0n) is 11.6. The SMILES string of the molecule is COc1ccc(C(=O)[C@@H](C(C)=O)C2SCCCS2)cc1. The summed E-state index contributed by atoms with van der Waals surface area (Å²) in [6, 6.07) is 6.97. The average molecular weight is 310 g/mol. The molecule has 1 heterocycles. The average Bonchev–Trinajstić information content (AvgIpc) is 2.48. The minimum atomic E-state index is -0.543. The fourth-order valence-electron chi connectivity index (χ4n) is 2.13. The molecule has 1 fully saturated rings. The summed E-state index contributed by atoms with van der Waals surface area (Å²) in [7, 11) is 1.59. The number of hydrogen-bond donors (Lipinski definition) is 0. The second-order valence-corrected chi connectivity index (χ2v) is 7.44. The number of methoxy groups -OCH3 is 1. The number of thioether (sulfide) groups is 2. The first kappa shape index (κ1) is 15.4. The molecule has 20 heavy (non-hydrogen) atoms. The minimum absolute atomic E-state index is 0.0438. The molecule has 1 atom stereocenters. The van der Waals surface area contributed by atoms with Crippen LogP contribution in [0.4, 0.5) is 0 Å². The van der Waals surface area contributed by atoms with Crippen LogP contribution in [0.5, 0.6) is 5.75 Å². The quantitative estimate of drug-likeness (QED) is 0.617. The van der Waals surface area contributed by atoms with E-state index < -0.39 is 5.92 Å². The number of carbonyl (C=O) groups excluding carboxylic acids is 2. The largest absolute Gasteiger partial charge is 0.497 e. The number of Topliss-reactive ketones (excluding diaryl/α,β-unsaturated/α-hetero) is 2. The fourth-order valence-corrected chi connectivity index (χ4v) is 5.38. The second kappa shape index (κ2) is 7.18. The summed E-state index contributed by atoms with van der Waals surface area (Å²) in [6.07, 6.45) is 1.15. The summed E-state index contributed by atoms with van der Waals surface area (Å²) < 4.78 is 5.14. The van der Waals surface area contributed by atoms with Crippen LogP contribution in [0.25, 0.3) is 0 Å². The maximum Gasteiger partial charge on any atom is 0.175 e. The Balaban J connectivity index is 2.19. The highest BCUT2D eigenvalue weighted by atomic mass is 32.2. The molecule has 1 aromatic rings. The van der Waals surface area contributed by atoms with Crippen LogP contribution in [0, 0.1) is 5.92 Å². The smallest absolute Gasteiger partial charge is 0.175 e. The first-order valence-electron chi connectivity index (χ1n) is 6.55. The van der Waals surface area contributed by atoms with Gasteiger partial charge >= 0.3 is 0 Å². The fraction of sp³-hybridized carbons (Fsp3) is 0.467. The van der Waals surface area contributed by atoms with Crippen molar-refractivity contribution in [1.29, 1.82) is 0 Å². The molecule has 1 aliphatic rings. The van der Waals surface area contributed by atoms with Crippen molar-refractivity contribution in [2.45, 2.75) is 17.9 Å². The summed E-state index contributed by atoms with van der Waals surface area (Å²) in [5, 5.41) is 0. The second-order valence-electron chi connectivity index (χ2n) is 4.64. The van der Waals surface area contributed by atoms with E-state index in [2.05, 4.69) is 0 Å². The Hall–Kier alpha value is -0.940. The molecule has 5 heteroatoms. The molecule has 1 aliphatic heterocycles. The van der Waals surface area contributed by atoms with E-state index in [1.807, 2.05) is 0 Å². The molecule has 108 valence electrons. The molecule has 0 N–H and O–H groups in total. The van der Waals surface area contributed by atoms with Crippen LogP contribution in [0.1, 0.15) is 23.7 Å². The predicted octanol–water partition coefficient (Wildman–Crippen LogP) is 3.28. The van der Waals surface area contributed by atoms with Crippen LogP contribution in [0.3, 0.4) is 0 Å². The first-order valence-corrected chi connectivity index (χ1v) is 8.65. The first-order chi connectivity index (χ1) is 9.63. The highest BCUT2D eigenvalue weighted by Gasteiger charge is 2.34. The molecule has 0 radical (unpaired) electrons. The molecule has 0 spiro atoms. The van der Waals surface area contributed by atoms with Gasteiger partial charge in [0.15, 0.2) is 5.78 Å². The van der Waals surface area contributed by atoms with Crippen molar-refractivity contribution in [3.05, 3.63) is 29.8 Å². The molecule has 0 unspecified atom stereocenters. The van der Waals surface area contributed by atoms with Gasteiger partial charge in [0.05, 0.1) is 11.7 Å². The molecule has 3 nitrogen and oxygen atoms in total. The van der Waals surface area contributed by atoms with Gasteiger partial charge < -0.3 is 4.74 Å². The van der Waals surface area contributed by atoms with Crippen molar-refractivity contribution >= 4 is 35.1 Å². The van der Waals surface area contributed by atoms with Gasteiger partial charge in [0.1, 0.15) is 17.5 Å². The third-order valence-corrected chi connectivity index (χ3v) is 6.29. The molecule has 1 aromatic carbocycles. The van der Waals surface area contributed by atoms with Gasteiger partial charge in [-0.3, -0.25) is 9.59 Å². The Labute approximate surface area is 127 Å². The monoisotopic (exact) mass is 310 g/mol. The van der Waals surface area contributed by atoms with Gasteiger partial charge in [-0.05, 0) is 49.1 Å². The Morgan fingerprint density at radius 2 is 1.80 bits per heavy atom. The van der Waals surface area contributed by atoms with Crippen LogP contribution < -0.4 is 4.74 Å². The summed E-state index contributed by atoms with van der Waals surface area (Å²) in [4.78, 5) is 24.5. The molecule has 1 saturated heterocycles. The highest BCUT2D eigenvalue weighted by molar-refractivity contribution is 8.17. The van der Waals surface area contributed by atoms with Gasteiger partial charge in [-0.1, -0.05) is 0 Å². The number of carbonyl (C=O) groups is 2. The topological polar surface area (TPSA) is 43.4 Å². The molecular weight excluding hydrogens is 292 g/mol. The van der Waals surface area contributed by atoms with Crippen LogP contribution >= 0.6 is 23.5 Å². The number of rotatable bonds is 5. The Kier molecular flexibility index (Phi) is 5.54. The Morgan fingerprint density at radius 3 is 2.30 bits per heavy atom. The molecule has 2 rings (SSSR count). The summed E-state index contributed by atoms with van der Waals surface area (Å²) >= 11 is 3.45. The van der Waals surface area contributed by atoms with Gasteiger partial charge in [0.25, 0.3) is 0 Å². The van der Waals surface area contributed by atoms with Crippen LogP contribution in [0.15, 0.2) is 24.3 Å². The van der Waals surface area contributed by atoms with E-state index in [1.165, 1.54) is 6.92 Å². The molecular formula is C15H18O3S2. The lowest BCUT2D eigenvalue weighted by atomic mass is 9.96. The van der Waals surface area contributed by atoms with Crippen molar-refractivity contribution in [2.24, 2.45) is 5.92 Å². The molecule has 0 aromatic heterocycles. The third-order valence-electron chi connectivity index (χ3n) is 3.22. The number of ketones is 2. The van der Waals surface area contributed by atoms with E-state index >= 15 is 0 Å². The zero-order chi connectivity index (χ0) is 14.5. The molecule has 0 amide bonds. The lowest BCUT2D eigenvalue weighted by molar-refractivity contribution is -0.119. The third kappa shape index (κ3) is 3.58. The maximum atomic E-state index is 12.6. The lowest BCUT2D eigenvalue weighted by Crippen LogP contribution is -2.32. The Morgan fingerprint density at radius 1 is 1.20 bits per heavy atom. The van der Waals surface area contributed by atoms with Crippen molar-refractivity contribution in [3.8, 4) is 5.75 Å². The zero-order valence-corrected chi connectivity index (χ0v) is 13.3. The Bertz CT molecular complexity index is 478. The molecule has 0 aliphatic carbocycles. The van der Waals surface area contributed by atoms with Gasteiger partial charge in [-0.15, -0.1) is 23.5 Å². The van der Waals surface area contributed by atoms with Crippen LogP contribution in [-0.2, 0) is 4.79 Å². The maximum absolute atomic E-state index is 12.6. The van der Waals surface area contributed by atoms with Gasteiger partial charge in [-0.2, -0.15) is 0 Å². The van der Waals surface area contributed by atoms with Crippen molar-refractivity contribution in [3.63, 3.8) is 0 Å². The van der Waals surface area contributed by atoms with E-state index in [9.17, 15) is 9.59 Å². The standard InChI is InChI=1S/C15H18O3S2/c1-10(16)13(15-19-8-3-9-20-15)14(17)11-4-6-12(18-2)7-5-11/h4-7,13,15H,3,8-9H2,1-2H3/t13-/m1/s1. The normalized spacial score (nSPS) is 17.5. The van der Waals surface area contributed by atoms with Gasteiger partial charge in [-0.25, -0.2) is 0 Å². The van der Waals surface area contributed by atoms with Crippen molar-refractivity contribution in [1.82, 2.24) is 0 Å². The van der Waals surface area contributed by atoms with E-state index in [0.717, 1.165) is 17.9 Å². The van der Waals surface area contributed by atoms with Crippen LogP contribution in [-0.4, -0.2) is 34.8 Å². The molecule has 0 saturated carbocycles. The summed E-state index contributed by atoms with van der Waals surface area (Å²) in [6.45, 7) is 1.52. The van der Waals surface area contributed by atoms with Gasteiger partial charge in [0.2, 0.25) is 0 Å². The van der Waals surface area contributed by atoms with E-state index in [1.54, 1.807) is 54.9 Å². The molecule has 0 bridgehead atoms. The summed E-state index contributed by atoms with van der Waals surface area (Å²) in [5.41, 5.74) is 0.581. The minimum Gasteiger partial charge on any atom is -0.497 e. The highest BCUT2D eigenvalue weighted by Crippen LogP contribution is 2.37. The van der Waals surface area contributed by atoms with Crippen molar-refractivity contribution < 1.29 is 14.3 Å². The van der Waals surface area contributed by atoms with Crippen molar-refractivity contribution in [2.75, 3.05) is 18.6 Å². The van der Waals surface area contributed by atoms with E-state index in [-0.39, 0.29) is 16.1 Å². The summed E-state index contributed by atoms with van der Waals surface area (Å²) in [5.74, 6) is 2.10. The van der Waals surface area contributed by atoms with E-state index in [0.29, 0.717) is 11.3 Å². The van der Waals surface area contributed by atoms with Gasteiger partial charge in [0, 0.05) is 5.56 Å². The predicted molar refractivity (Wildman–Crippen MR) is 84.8 cm³/mol.